The first-order valence-corrected chi connectivity index (χ1v) is 13.9. The molecule has 9 nitrogen and oxygen atoms in total. The van der Waals surface area contributed by atoms with Crippen molar-refractivity contribution in [1.82, 2.24) is 19.4 Å². The van der Waals surface area contributed by atoms with E-state index in [4.69, 9.17) is 4.74 Å². The Balaban J connectivity index is 1.32. The number of rotatable bonds is 10. The van der Waals surface area contributed by atoms with Gasteiger partial charge in [-0.25, -0.2) is 18.7 Å². The Kier molecular flexibility index (Phi) is 8.79. The van der Waals surface area contributed by atoms with E-state index in [1.54, 1.807) is 11.6 Å². The zero-order chi connectivity index (χ0) is 30.5. The maximum Gasteiger partial charge on any atom is 0.267 e. The molecule has 5 rings (SSSR count). The smallest absolute Gasteiger partial charge is 0.267 e. The molecule has 0 bridgehead atoms. The largest absolute Gasteiger partial charge is 0.454 e. The Hall–Kier alpha value is -5.07. The molecule has 3 aromatic heterocycles. The number of ketones is 1. The van der Waals surface area contributed by atoms with Crippen LogP contribution in [-0.2, 0) is 11.2 Å². The first-order valence-electron chi connectivity index (χ1n) is 13.0. The standard InChI is InChI=1S/C31H25F2N5O4S/c1-37(2)13-3-4-29(40)36-28-16-22(11-12-34-28)42-27-10-5-19(14-24(27)33)15-26(39)23-17-25-31(43-18-35-25)38(30(23)41)21-8-6-20(32)7-9-21/h3-12,14,16-18H,13,15H2,1-2H3,(H,34,36,40)/b4-3+. The van der Waals surface area contributed by atoms with Gasteiger partial charge in [-0.05, 0) is 68.2 Å². The first-order chi connectivity index (χ1) is 20.7. The number of hydrogen-bond donors (Lipinski definition) is 1. The monoisotopic (exact) mass is 601 g/mol. The van der Waals surface area contributed by atoms with Crippen molar-refractivity contribution in [3.05, 3.63) is 118 Å². The van der Waals surface area contributed by atoms with Crippen LogP contribution in [0, 0.1) is 11.6 Å². The minimum atomic E-state index is -0.724. The lowest BCUT2D eigenvalue weighted by Gasteiger charge is -2.11. The number of anilines is 1. The molecule has 2 aromatic carbocycles. The fraction of sp³-hybridized carbons (Fsp3) is 0.129. The number of carbonyl (C=O) groups is 2. The Morgan fingerprint density at radius 2 is 1.84 bits per heavy atom. The predicted octanol–water partition coefficient (Wildman–Crippen LogP) is 5.39. The second-order valence-electron chi connectivity index (χ2n) is 9.72. The lowest BCUT2D eigenvalue weighted by Crippen LogP contribution is -2.26. The van der Waals surface area contributed by atoms with E-state index in [0.29, 0.717) is 28.1 Å². The molecule has 0 aliphatic carbocycles. The van der Waals surface area contributed by atoms with E-state index < -0.39 is 23.0 Å². The number of ether oxygens (including phenoxy) is 1. The molecular formula is C31H25F2N5O4S. The second-order valence-corrected chi connectivity index (χ2v) is 10.5. The van der Waals surface area contributed by atoms with Gasteiger partial charge in [0.2, 0.25) is 5.91 Å². The summed E-state index contributed by atoms with van der Waals surface area (Å²) in [4.78, 5) is 49.5. The van der Waals surface area contributed by atoms with Crippen molar-refractivity contribution >= 4 is 39.2 Å². The summed E-state index contributed by atoms with van der Waals surface area (Å²) < 4.78 is 35.5. The van der Waals surface area contributed by atoms with Crippen LogP contribution < -0.4 is 15.6 Å². The number of halogens is 2. The normalized spacial score (nSPS) is 11.4. The van der Waals surface area contributed by atoms with Gasteiger partial charge in [0.15, 0.2) is 17.3 Å². The van der Waals surface area contributed by atoms with Crippen LogP contribution in [0.5, 0.6) is 11.5 Å². The summed E-state index contributed by atoms with van der Waals surface area (Å²) in [6.45, 7) is 0.597. The molecule has 0 radical (unpaired) electrons. The van der Waals surface area contributed by atoms with E-state index in [0.717, 1.165) is 6.07 Å². The maximum absolute atomic E-state index is 15.0. The maximum atomic E-state index is 15.0. The quantitative estimate of drug-likeness (QED) is 0.169. The Morgan fingerprint density at radius 1 is 1.05 bits per heavy atom. The number of hydrogen-bond acceptors (Lipinski definition) is 8. The van der Waals surface area contributed by atoms with Crippen molar-refractivity contribution < 1.29 is 23.1 Å². The summed E-state index contributed by atoms with van der Waals surface area (Å²) in [5, 5.41) is 2.62. The highest BCUT2D eigenvalue weighted by atomic mass is 32.1. The first kappa shape index (κ1) is 29.4. The zero-order valence-corrected chi connectivity index (χ0v) is 23.9. The number of fused-ring (bicyclic) bond motifs is 1. The molecule has 3 heterocycles. The molecular weight excluding hydrogens is 576 g/mol. The number of pyridine rings is 2. The number of thiazole rings is 1. The fourth-order valence-corrected chi connectivity index (χ4v) is 4.97. The number of Topliss-reactive ketones (excluding diaryl/α,β-unsaturated/α-hetero) is 1. The second kappa shape index (κ2) is 12.8. The van der Waals surface area contributed by atoms with Crippen LogP contribution in [0.2, 0.25) is 0 Å². The van der Waals surface area contributed by atoms with Crippen LogP contribution in [0.3, 0.4) is 0 Å². The number of nitrogens with one attached hydrogen (secondary N) is 1. The van der Waals surface area contributed by atoms with E-state index in [1.807, 2.05) is 19.0 Å². The summed E-state index contributed by atoms with van der Waals surface area (Å²) in [7, 11) is 3.76. The molecule has 1 N–H and O–H groups in total. The molecule has 12 heteroatoms. The van der Waals surface area contributed by atoms with Crippen molar-refractivity contribution in [2.75, 3.05) is 26.0 Å². The van der Waals surface area contributed by atoms with Gasteiger partial charge in [-0.1, -0.05) is 12.1 Å². The van der Waals surface area contributed by atoms with Gasteiger partial charge in [0, 0.05) is 31.3 Å². The van der Waals surface area contributed by atoms with E-state index in [2.05, 4.69) is 15.3 Å². The molecule has 218 valence electrons. The zero-order valence-electron chi connectivity index (χ0n) is 23.1. The van der Waals surface area contributed by atoms with Crippen molar-refractivity contribution in [2.45, 2.75) is 6.42 Å². The molecule has 0 spiro atoms. The third-order valence-electron chi connectivity index (χ3n) is 6.19. The van der Waals surface area contributed by atoms with Crippen molar-refractivity contribution in [2.24, 2.45) is 0 Å². The third kappa shape index (κ3) is 7.05. The number of amides is 1. The summed E-state index contributed by atoms with van der Waals surface area (Å²) in [6, 6.07) is 13.8. The average Bonchev–Trinajstić information content (AvgIpc) is 3.43. The fourth-order valence-electron chi connectivity index (χ4n) is 4.18. The van der Waals surface area contributed by atoms with Gasteiger partial charge in [-0.15, -0.1) is 11.3 Å². The molecule has 43 heavy (non-hydrogen) atoms. The van der Waals surface area contributed by atoms with Crippen LogP contribution in [-0.4, -0.2) is 51.8 Å². The molecule has 0 saturated carbocycles. The lowest BCUT2D eigenvalue weighted by molar-refractivity contribution is -0.111. The van der Waals surface area contributed by atoms with Gasteiger partial charge in [0.1, 0.15) is 22.2 Å². The van der Waals surface area contributed by atoms with Gasteiger partial charge in [-0.3, -0.25) is 19.0 Å². The van der Waals surface area contributed by atoms with Crippen molar-refractivity contribution in [1.29, 1.82) is 0 Å². The SMILES string of the molecule is CN(C)C/C=C/C(=O)Nc1cc(Oc2ccc(CC(=O)c3cc4ncsc4n(-c4ccc(F)cc4)c3=O)cc2F)ccn1. The van der Waals surface area contributed by atoms with Crippen LogP contribution in [0.4, 0.5) is 14.6 Å². The third-order valence-corrected chi connectivity index (χ3v) is 7.02. The summed E-state index contributed by atoms with van der Waals surface area (Å²) >= 11 is 1.22. The molecule has 1 amide bonds. The van der Waals surface area contributed by atoms with Crippen LogP contribution in [0.25, 0.3) is 16.0 Å². The van der Waals surface area contributed by atoms with Crippen molar-refractivity contribution in [3.8, 4) is 17.2 Å². The summed E-state index contributed by atoms with van der Waals surface area (Å²) in [5.74, 6) is -1.72. The number of carbonyl (C=O) groups excluding carboxylic acids is 2. The van der Waals surface area contributed by atoms with E-state index in [1.165, 1.54) is 82.8 Å². The number of likely N-dealkylation sites (N-methyl/N-ethyl adjacent to an activating group) is 1. The highest BCUT2D eigenvalue weighted by molar-refractivity contribution is 7.16. The van der Waals surface area contributed by atoms with E-state index in [-0.39, 0.29) is 35.2 Å². The molecule has 0 atom stereocenters. The molecule has 0 aliphatic heterocycles. The minimum absolute atomic E-state index is 0.104. The van der Waals surface area contributed by atoms with E-state index >= 15 is 4.39 Å². The summed E-state index contributed by atoms with van der Waals surface area (Å²) in [5.41, 5.74) is 2.00. The number of benzene rings is 2. The lowest BCUT2D eigenvalue weighted by atomic mass is 10.0. The van der Waals surface area contributed by atoms with Gasteiger partial charge in [-0.2, -0.15) is 0 Å². The molecule has 0 unspecified atom stereocenters. The van der Waals surface area contributed by atoms with Crippen LogP contribution in [0.15, 0.2) is 89.3 Å². The van der Waals surface area contributed by atoms with Gasteiger partial charge in [0.25, 0.3) is 5.56 Å². The molecule has 0 fully saturated rings. The van der Waals surface area contributed by atoms with Crippen LogP contribution >= 0.6 is 11.3 Å². The topological polar surface area (TPSA) is 106 Å². The molecule has 5 aromatic rings. The number of aromatic nitrogens is 3. The van der Waals surface area contributed by atoms with Crippen LogP contribution in [0.1, 0.15) is 15.9 Å². The van der Waals surface area contributed by atoms with Crippen molar-refractivity contribution in [3.63, 3.8) is 0 Å². The van der Waals surface area contributed by atoms with E-state index in [9.17, 15) is 18.8 Å². The average molecular weight is 602 g/mol. The molecule has 0 aliphatic rings. The Bertz CT molecular complexity index is 1900. The highest BCUT2D eigenvalue weighted by Crippen LogP contribution is 2.27. The predicted molar refractivity (Wildman–Crippen MR) is 160 cm³/mol. The Morgan fingerprint density at radius 3 is 2.58 bits per heavy atom. The minimum Gasteiger partial charge on any atom is -0.454 e. The van der Waals surface area contributed by atoms with Gasteiger partial charge >= 0.3 is 0 Å². The highest BCUT2D eigenvalue weighted by Gasteiger charge is 2.19. The van der Waals surface area contributed by atoms with Gasteiger partial charge in [0.05, 0.1) is 22.3 Å². The van der Waals surface area contributed by atoms with Gasteiger partial charge < -0.3 is 15.0 Å². The number of nitrogens with zero attached hydrogens (tertiary/aromatic N) is 4. The summed E-state index contributed by atoms with van der Waals surface area (Å²) in [6.07, 6.45) is 4.26. The molecule has 0 saturated heterocycles. The Labute approximate surface area is 248 Å².